The van der Waals surface area contributed by atoms with Crippen LogP contribution in [0, 0.1) is 0 Å². The van der Waals surface area contributed by atoms with Gasteiger partial charge in [-0.2, -0.15) is 0 Å². The molecule has 0 N–H and O–H groups in total. The maximum absolute atomic E-state index is 11.1. The van der Waals surface area contributed by atoms with Crippen LogP contribution in [-0.4, -0.2) is 39.2 Å². The number of esters is 1. The first-order valence-corrected chi connectivity index (χ1v) is 7.78. The Kier molecular flexibility index (Phi) is 3.52. The molecule has 1 heterocycles. The number of nitrogens with zero attached hydrogens (tertiary/aromatic N) is 1. The number of ether oxygens (including phenoxy) is 1. The van der Waals surface area contributed by atoms with E-state index in [1.54, 1.807) is 12.3 Å². The summed E-state index contributed by atoms with van der Waals surface area (Å²) >= 11 is -0.538. The SMILES string of the molecule is COC(=O)c1ccn[c]([Sn][CH3])c1. The van der Waals surface area contributed by atoms with Gasteiger partial charge in [-0.05, 0) is 0 Å². The summed E-state index contributed by atoms with van der Waals surface area (Å²) in [6.45, 7) is 0. The van der Waals surface area contributed by atoms with Crippen LogP contribution in [-0.2, 0) is 4.74 Å². The van der Waals surface area contributed by atoms with E-state index in [9.17, 15) is 4.79 Å². The first-order valence-electron chi connectivity index (χ1n) is 3.50. The van der Waals surface area contributed by atoms with Crippen LogP contribution < -0.4 is 3.71 Å². The normalized spacial score (nSPS) is 9.50. The van der Waals surface area contributed by atoms with E-state index in [4.69, 9.17) is 0 Å². The number of methoxy groups -OCH3 is 1. The minimum atomic E-state index is -0.538. The molecule has 62 valence electrons. The van der Waals surface area contributed by atoms with Crippen molar-refractivity contribution in [1.29, 1.82) is 0 Å². The summed E-state index contributed by atoms with van der Waals surface area (Å²) in [6, 6.07) is 3.49. The van der Waals surface area contributed by atoms with Crippen LogP contribution in [0.3, 0.4) is 0 Å². The fraction of sp³-hybridized carbons (Fsp3) is 0.250. The standard InChI is InChI=1S/C7H6NO2.CH3.Sn/c1-10-7(9)6-2-4-8-5-3-6;;/h2-4H,1H3;1H3;. The number of carbonyl (C=O) groups excluding carboxylic acids is 1. The van der Waals surface area contributed by atoms with Gasteiger partial charge < -0.3 is 0 Å². The molecule has 0 fully saturated rings. The van der Waals surface area contributed by atoms with Gasteiger partial charge in [0.2, 0.25) is 0 Å². The van der Waals surface area contributed by atoms with Gasteiger partial charge in [0.05, 0.1) is 0 Å². The van der Waals surface area contributed by atoms with Gasteiger partial charge >= 0.3 is 81.3 Å². The molecule has 0 aliphatic rings. The van der Waals surface area contributed by atoms with Gasteiger partial charge in [-0.3, -0.25) is 0 Å². The number of hydrogen-bond acceptors (Lipinski definition) is 3. The minimum absolute atomic E-state index is 0.286. The van der Waals surface area contributed by atoms with Gasteiger partial charge in [0.15, 0.2) is 0 Å². The molecule has 2 radical (unpaired) electrons. The van der Waals surface area contributed by atoms with Gasteiger partial charge in [-0.1, -0.05) is 0 Å². The Bertz CT molecular complexity index is 288. The molecular formula is C8H9NO2Sn. The van der Waals surface area contributed by atoms with Gasteiger partial charge in [-0.15, -0.1) is 0 Å². The van der Waals surface area contributed by atoms with E-state index in [1.165, 1.54) is 7.11 Å². The number of aromatic nitrogens is 1. The van der Waals surface area contributed by atoms with E-state index in [2.05, 4.69) is 14.7 Å². The van der Waals surface area contributed by atoms with Crippen molar-refractivity contribution in [2.24, 2.45) is 0 Å². The molecule has 0 aliphatic carbocycles. The van der Waals surface area contributed by atoms with Crippen LogP contribution in [0.25, 0.3) is 0 Å². The van der Waals surface area contributed by atoms with Gasteiger partial charge in [0, 0.05) is 0 Å². The zero-order valence-corrected chi connectivity index (χ0v) is 9.85. The predicted octanol–water partition coefficient (Wildman–Crippen LogP) is 0.246. The second kappa shape index (κ2) is 4.45. The Morgan fingerprint density at radius 1 is 1.67 bits per heavy atom. The van der Waals surface area contributed by atoms with Crippen molar-refractivity contribution >= 4 is 30.8 Å². The van der Waals surface area contributed by atoms with Crippen LogP contribution in [0.4, 0.5) is 0 Å². The Balaban J connectivity index is 2.93. The quantitative estimate of drug-likeness (QED) is 0.571. The average molecular weight is 270 g/mol. The molecule has 0 unspecified atom stereocenters. The van der Waals surface area contributed by atoms with E-state index < -0.39 is 21.1 Å². The van der Waals surface area contributed by atoms with E-state index in [0.717, 1.165) is 3.71 Å². The molecule has 4 heteroatoms. The Hall–Kier alpha value is -0.581. The van der Waals surface area contributed by atoms with Gasteiger partial charge in [0.1, 0.15) is 0 Å². The first-order chi connectivity index (χ1) is 5.77. The molecule has 12 heavy (non-hydrogen) atoms. The van der Waals surface area contributed by atoms with Crippen LogP contribution in [0.2, 0.25) is 4.94 Å². The molecular weight excluding hydrogens is 261 g/mol. The van der Waals surface area contributed by atoms with Crippen molar-refractivity contribution in [2.45, 2.75) is 4.94 Å². The average Bonchev–Trinajstić information content (AvgIpc) is 2.17. The van der Waals surface area contributed by atoms with Crippen molar-refractivity contribution in [2.75, 3.05) is 7.11 Å². The number of hydrogen-bond donors (Lipinski definition) is 0. The molecule has 0 amide bonds. The second-order valence-electron chi connectivity index (χ2n) is 2.17. The molecule has 0 saturated heterocycles. The number of carbonyl (C=O) groups is 1. The maximum atomic E-state index is 11.1. The van der Waals surface area contributed by atoms with Gasteiger partial charge in [-0.25, -0.2) is 0 Å². The van der Waals surface area contributed by atoms with Crippen LogP contribution in [0.1, 0.15) is 10.4 Å². The van der Waals surface area contributed by atoms with Crippen molar-refractivity contribution in [1.82, 2.24) is 4.98 Å². The third-order valence-corrected chi connectivity index (χ3v) is 3.68. The molecule has 3 nitrogen and oxygen atoms in total. The summed E-state index contributed by atoms with van der Waals surface area (Å²) in [5, 5.41) is 0. The van der Waals surface area contributed by atoms with E-state index >= 15 is 0 Å². The predicted molar refractivity (Wildman–Crippen MR) is 46.8 cm³/mol. The third-order valence-electron chi connectivity index (χ3n) is 1.44. The topological polar surface area (TPSA) is 39.2 Å². The Morgan fingerprint density at radius 2 is 2.42 bits per heavy atom. The summed E-state index contributed by atoms with van der Waals surface area (Å²) < 4.78 is 5.66. The van der Waals surface area contributed by atoms with Crippen LogP contribution >= 0.6 is 0 Å². The number of pyridine rings is 1. The summed E-state index contributed by atoms with van der Waals surface area (Å²) in [4.78, 5) is 17.4. The third kappa shape index (κ3) is 2.20. The molecule has 0 aromatic carbocycles. The van der Waals surface area contributed by atoms with E-state index in [-0.39, 0.29) is 5.97 Å². The zero-order chi connectivity index (χ0) is 8.97. The molecule has 0 bridgehead atoms. The van der Waals surface area contributed by atoms with Crippen LogP contribution in [0.5, 0.6) is 0 Å². The summed E-state index contributed by atoms with van der Waals surface area (Å²) in [5.74, 6) is -0.286. The Morgan fingerprint density at radius 3 is 3.00 bits per heavy atom. The molecule has 1 aromatic heterocycles. The summed E-state index contributed by atoms with van der Waals surface area (Å²) in [5.41, 5.74) is 0.602. The van der Waals surface area contributed by atoms with Crippen LogP contribution in [0.15, 0.2) is 18.3 Å². The van der Waals surface area contributed by atoms with Gasteiger partial charge in [0.25, 0.3) is 0 Å². The zero-order valence-electron chi connectivity index (χ0n) is 7.00. The van der Waals surface area contributed by atoms with Crippen molar-refractivity contribution in [3.05, 3.63) is 23.9 Å². The van der Waals surface area contributed by atoms with Crippen molar-refractivity contribution in [3.63, 3.8) is 0 Å². The first kappa shape index (κ1) is 9.51. The fourth-order valence-electron chi connectivity index (χ4n) is 0.812. The molecule has 0 aliphatic heterocycles. The van der Waals surface area contributed by atoms with E-state index in [0.29, 0.717) is 5.56 Å². The molecule has 0 atom stereocenters. The summed E-state index contributed by atoms with van der Waals surface area (Å²) in [7, 11) is 1.38. The molecule has 1 aromatic rings. The molecule has 1 rings (SSSR count). The van der Waals surface area contributed by atoms with E-state index in [1.807, 2.05) is 6.07 Å². The molecule has 0 saturated carbocycles. The Labute approximate surface area is 81.4 Å². The molecule has 0 spiro atoms. The van der Waals surface area contributed by atoms with Crippen molar-refractivity contribution < 1.29 is 9.53 Å². The monoisotopic (exact) mass is 271 g/mol. The second-order valence-corrected chi connectivity index (χ2v) is 5.06. The fourth-order valence-corrected chi connectivity index (χ4v) is 2.25. The van der Waals surface area contributed by atoms with Crippen molar-refractivity contribution in [3.8, 4) is 0 Å². The summed E-state index contributed by atoms with van der Waals surface area (Å²) in [6.07, 6.45) is 1.66. The number of rotatable bonds is 2.